The summed E-state index contributed by atoms with van der Waals surface area (Å²) in [6, 6.07) is 5.78. The van der Waals surface area contributed by atoms with Gasteiger partial charge in [0.2, 0.25) is 0 Å². The molecule has 20 heavy (non-hydrogen) atoms. The van der Waals surface area contributed by atoms with Crippen LogP contribution in [0.5, 0.6) is 0 Å². The van der Waals surface area contributed by atoms with Gasteiger partial charge in [-0.05, 0) is 62.8 Å². The van der Waals surface area contributed by atoms with Gasteiger partial charge in [0.1, 0.15) is 0 Å². The zero-order valence-electron chi connectivity index (χ0n) is 12.0. The van der Waals surface area contributed by atoms with Crippen LogP contribution in [0.2, 0.25) is 0 Å². The minimum absolute atomic E-state index is 0.0631. The van der Waals surface area contributed by atoms with E-state index in [0.717, 1.165) is 18.4 Å². The Hall–Kier alpha value is -1.84. The summed E-state index contributed by atoms with van der Waals surface area (Å²) in [6.07, 6.45) is 2.78. The summed E-state index contributed by atoms with van der Waals surface area (Å²) in [5.41, 5.74) is 2.95. The van der Waals surface area contributed by atoms with Gasteiger partial charge in [-0.25, -0.2) is 0 Å². The van der Waals surface area contributed by atoms with Crippen molar-refractivity contribution in [1.29, 1.82) is 0 Å². The molecule has 108 valence electrons. The Morgan fingerprint density at radius 2 is 1.75 bits per heavy atom. The SMILES string of the molecule is Cc1ccc(C(=O)NC2CCC(C(=O)O)CC2)cc1C. The molecule has 4 nitrogen and oxygen atoms in total. The van der Waals surface area contributed by atoms with E-state index in [1.54, 1.807) is 0 Å². The molecular weight excluding hydrogens is 254 g/mol. The second kappa shape index (κ2) is 6.07. The van der Waals surface area contributed by atoms with Crippen molar-refractivity contribution in [3.8, 4) is 0 Å². The average molecular weight is 275 g/mol. The third-order valence-corrected chi connectivity index (χ3v) is 4.18. The average Bonchev–Trinajstić information content (AvgIpc) is 2.42. The van der Waals surface area contributed by atoms with Gasteiger partial charge in [0.05, 0.1) is 5.92 Å². The minimum atomic E-state index is -0.719. The third-order valence-electron chi connectivity index (χ3n) is 4.18. The van der Waals surface area contributed by atoms with Crippen molar-refractivity contribution in [2.45, 2.75) is 45.6 Å². The summed E-state index contributed by atoms with van der Waals surface area (Å²) >= 11 is 0. The Morgan fingerprint density at radius 3 is 2.30 bits per heavy atom. The normalized spacial score (nSPS) is 22.3. The Morgan fingerprint density at radius 1 is 1.10 bits per heavy atom. The second-order valence-electron chi connectivity index (χ2n) is 5.66. The smallest absolute Gasteiger partial charge is 0.306 e. The number of nitrogens with one attached hydrogen (secondary N) is 1. The quantitative estimate of drug-likeness (QED) is 0.891. The molecule has 1 saturated carbocycles. The summed E-state index contributed by atoms with van der Waals surface area (Å²) in [5.74, 6) is -1.03. The Balaban J connectivity index is 1.92. The summed E-state index contributed by atoms with van der Waals surface area (Å²) in [7, 11) is 0. The molecule has 2 rings (SSSR count). The van der Waals surface area contributed by atoms with Gasteiger partial charge >= 0.3 is 5.97 Å². The van der Waals surface area contributed by atoms with E-state index in [-0.39, 0.29) is 17.9 Å². The van der Waals surface area contributed by atoms with Crippen LogP contribution in [0.3, 0.4) is 0 Å². The van der Waals surface area contributed by atoms with Gasteiger partial charge in [0.25, 0.3) is 5.91 Å². The molecule has 4 heteroatoms. The van der Waals surface area contributed by atoms with E-state index in [4.69, 9.17) is 5.11 Å². The molecule has 0 aliphatic heterocycles. The van der Waals surface area contributed by atoms with E-state index >= 15 is 0 Å². The molecular formula is C16H21NO3. The van der Waals surface area contributed by atoms with E-state index < -0.39 is 5.97 Å². The number of rotatable bonds is 3. The van der Waals surface area contributed by atoms with E-state index in [9.17, 15) is 9.59 Å². The van der Waals surface area contributed by atoms with Crippen LogP contribution >= 0.6 is 0 Å². The molecule has 0 radical (unpaired) electrons. The molecule has 0 bridgehead atoms. The molecule has 1 fully saturated rings. The first-order valence-electron chi connectivity index (χ1n) is 7.08. The van der Waals surface area contributed by atoms with Gasteiger partial charge in [0.15, 0.2) is 0 Å². The van der Waals surface area contributed by atoms with Gasteiger partial charge in [-0.15, -0.1) is 0 Å². The lowest BCUT2D eigenvalue weighted by Gasteiger charge is -2.26. The first-order chi connectivity index (χ1) is 9.47. The lowest BCUT2D eigenvalue weighted by Crippen LogP contribution is -2.38. The number of aliphatic carboxylic acids is 1. The molecule has 0 atom stereocenters. The Bertz CT molecular complexity index is 516. The second-order valence-corrected chi connectivity index (χ2v) is 5.66. The zero-order chi connectivity index (χ0) is 14.7. The number of hydrogen-bond acceptors (Lipinski definition) is 2. The van der Waals surface area contributed by atoms with Crippen LogP contribution in [0.25, 0.3) is 0 Å². The number of hydrogen-bond donors (Lipinski definition) is 2. The topological polar surface area (TPSA) is 66.4 Å². The molecule has 0 aromatic heterocycles. The number of carbonyl (C=O) groups excluding carboxylic acids is 1. The molecule has 0 saturated heterocycles. The highest BCUT2D eigenvalue weighted by molar-refractivity contribution is 5.94. The summed E-state index contributed by atoms with van der Waals surface area (Å²) in [4.78, 5) is 23.1. The van der Waals surface area contributed by atoms with Crippen molar-refractivity contribution >= 4 is 11.9 Å². The maximum atomic E-state index is 12.2. The van der Waals surface area contributed by atoms with Crippen molar-refractivity contribution in [3.05, 3.63) is 34.9 Å². The molecule has 0 spiro atoms. The van der Waals surface area contributed by atoms with Crippen LogP contribution < -0.4 is 5.32 Å². The number of carboxylic acids is 1. The molecule has 1 aromatic rings. The largest absolute Gasteiger partial charge is 0.481 e. The van der Waals surface area contributed by atoms with Crippen molar-refractivity contribution in [3.63, 3.8) is 0 Å². The van der Waals surface area contributed by atoms with Gasteiger partial charge in [0, 0.05) is 11.6 Å². The maximum absolute atomic E-state index is 12.2. The van der Waals surface area contributed by atoms with Gasteiger partial charge in [-0.3, -0.25) is 9.59 Å². The van der Waals surface area contributed by atoms with Crippen molar-refractivity contribution < 1.29 is 14.7 Å². The fourth-order valence-corrected chi connectivity index (χ4v) is 2.64. The van der Waals surface area contributed by atoms with Gasteiger partial charge in [-0.2, -0.15) is 0 Å². The number of benzene rings is 1. The number of carbonyl (C=O) groups is 2. The summed E-state index contributed by atoms with van der Waals surface area (Å²) < 4.78 is 0. The van der Waals surface area contributed by atoms with Crippen molar-refractivity contribution in [2.24, 2.45) is 5.92 Å². The molecule has 0 unspecified atom stereocenters. The highest BCUT2D eigenvalue weighted by Crippen LogP contribution is 2.24. The first-order valence-corrected chi connectivity index (χ1v) is 7.08. The minimum Gasteiger partial charge on any atom is -0.481 e. The monoisotopic (exact) mass is 275 g/mol. The maximum Gasteiger partial charge on any atom is 0.306 e. The van der Waals surface area contributed by atoms with Crippen LogP contribution in [0.15, 0.2) is 18.2 Å². The Labute approximate surface area is 119 Å². The molecule has 2 N–H and O–H groups in total. The summed E-state index contributed by atoms with van der Waals surface area (Å²) in [6.45, 7) is 4.01. The van der Waals surface area contributed by atoms with Gasteiger partial charge < -0.3 is 10.4 Å². The number of carboxylic acid groups (broad SMARTS) is 1. The third kappa shape index (κ3) is 3.38. The van der Waals surface area contributed by atoms with Crippen LogP contribution in [0.4, 0.5) is 0 Å². The van der Waals surface area contributed by atoms with E-state index in [2.05, 4.69) is 5.32 Å². The predicted octanol–water partition coefficient (Wildman–Crippen LogP) is 2.68. The van der Waals surface area contributed by atoms with Crippen LogP contribution in [0.1, 0.15) is 47.2 Å². The molecule has 1 aliphatic carbocycles. The predicted molar refractivity (Wildman–Crippen MR) is 76.8 cm³/mol. The van der Waals surface area contributed by atoms with E-state index in [1.165, 1.54) is 5.56 Å². The fourth-order valence-electron chi connectivity index (χ4n) is 2.64. The highest BCUT2D eigenvalue weighted by Gasteiger charge is 2.26. The molecule has 1 aliphatic rings. The number of aryl methyl sites for hydroxylation is 2. The van der Waals surface area contributed by atoms with Crippen molar-refractivity contribution in [1.82, 2.24) is 5.32 Å². The van der Waals surface area contributed by atoms with E-state index in [0.29, 0.717) is 18.4 Å². The van der Waals surface area contributed by atoms with Crippen LogP contribution in [0, 0.1) is 19.8 Å². The Kier molecular flexibility index (Phi) is 4.42. The summed E-state index contributed by atoms with van der Waals surface area (Å²) in [5, 5.41) is 12.0. The standard InChI is InChI=1S/C16H21NO3/c1-10-3-4-13(9-11(10)2)15(18)17-14-7-5-12(6-8-14)16(19)20/h3-4,9,12,14H,5-8H2,1-2H3,(H,17,18)(H,19,20). The van der Waals surface area contributed by atoms with Crippen molar-refractivity contribution in [2.75, 3.05) is 0 Å². The highest BCUT2D eigenvalue weighted by atomic mass is 16.4. The fraction of sp³-hybridized carbons (Fsp3) is 0.500. The van der Waals surface area contributed by atoms with E-state index in [1.807, 2.05) is 32.0 Å². The van der Waals surface area contributed by atoms with Crippen LogP contribution in [-0.2, 0) is 4.79 Å². The zero-order valence-corrected chi connectivity index (χ0v) is 12.0. The van der Waals surface area contributed by atoms with Crippen LogP contribution in [-0.4, -0.2) is 23.0 Å². The molecule has 0 heterocycles. The molecule has 1 aromatic carbocycles. The lowest BCUT2D eigenvalue weighted by atomic mass is 9.86. The first kappa shape index (κ1) is 14.6. The van der Waals surface area contributed by atoms with Gasteiger partial charge in [-0.1, -0.05) is 6.07 Å². The lowest BCUT2D eigenvalue weighted by molar-refractivity contribution is -0.142. The number of amides is 1. The molecule has 1 amide bonds.